The zero-order valence-electron chi connectivity index (χ0n) is 17.9. The van der Waals surface area contributed by atoms with Gasteiger partial charge in [0, 0.05) is 4.47 Å². The van der Waals surface area contributed by atoms with E-state index in [-0.39, 0.29) is 10.7 Å². The number of methoxy groups -OCH3 is 1. The highest BCUT2D eigenvalue weighted by Gasteiger charge is 2.34. The second kappa shape index (κ2) is 10.5. The van der Waals surface area contributed by atoms with Crippen molar-refractivity contribution < 1.29 is 19.1 Å². The average Bonchev–Trinajstić information content (AvgIpc) is 2.82. The van der Waals surface area contributed by atoms with E-state index in [1.807, 2.05) is 30.3 Å². The molecule has 34 heavy (non-hydrogen) atoms. The van der Waals surface area contributed by atoms with E-state index >= 15 is 0 Å². The van der Waals surface area contributed by atoms with Crippen molar-refractivity contribution in [2.75, 3.05) is 12.0 Å². The lowest BCUT2D eigenvalue weighted by molar-refractivity contribution is -0.122. The summed E-state index contributed by atoms with van der Waals surface area (Å²) in [6.07, 6.45) is 1.50. The number of thiocarbonyl (C=S) groups is 1. The van der Waals surface area contributed by atoms with Gasteiger partial charge >= 0.3 is 0 Å². The van der Waals surface area contributed by atoms with Crippen LogP contribution in [0.2, 0.25) is 0 Å². The molecule has 1 fully saturated rings. The lowest BCUT2D eigenvalue weighted by atomic mass is 10.1. The minimum absolute atomic E-state index is 0.0258. The fourth-order valence-electron chi connectivity index (χ4n) is 3.34. The van der Waals surface area contributed by atoms with Crippen LogP contribution < -0.4 is 19.7 Å². The number of halogens is 2. The lowest BCUT2D eigenvalue weighted by Gasteiger charge is -2.29. The number of hydrogen-bond donors (Lipinski definition) is 1. The van der Waals surface area contributed by atoms with Crippen LogP contribution in [-0.2, 0) is 16.2 Å². The van der Waals surface area contributed by atoms with E-state index in [4.69, 9.17) is 21.7 Å². The van der Waals surface area contributed by atoms with Crippen molar-refractivity contribution in [1.29, 1.82) is 0 Å². The largest absolute Gasteiger partial charge is 0.493 e. The minimum Gasteiger partial charge on any atom is -0.493 e. The van der Waals surface area contributed by atoms with Gasteiger partial charge in [0.1, 0.15) is 12.2 Å². The standard InChI is InChI=1S/C25H18Br2N2O4S/c1-32-21-13-16(12-20(27)22(21)33-14-15-5-3-2-4-6-15)11-19-23(30)28-25(34)29(24(19)31)18-9-7-17(26)8-10-18/h2-13H,14H2,1H3,(H,28,30,34)/b19-11+. The maximum atomic E-state index is 13.2. The molecule has 3 aromatic rings. The first-order valence-corrected chi connectivity index (χ1v) is 12.1. The predicted octanol–water partition coefficient (Wildman–Crippen LogP) is 5.63. The van der Waals surface area contributed by atoms with Crippen molar-refractivity contribution in [1.82, 2.24) is 5.32 Å². The SMILES string of the molecule is COc1cc(/C=C2\C(=O)NC(=S)N(c3ccc(Br)cc3)C2=O)cc(Br)c1OCc1ccccc1. The summed E-state index contributed by atoms with van der Waals surface area (Å²) in [5.74, 6) is -0.106. The summed E-state index contributed by atoms with van der Waals surface area (Å²) in [6.45, 7) is 0.358. The number of benzene rings is 3. The Morgan fingerprint density at radius 1 is 1.03 bits per heavy atom. The number of anilines is 1. The molecular weight excluding hydrogens is 584 g/mol. The van der Waals surface area contributed by atoms with Gasteiger partial charge in [-0.05, 0) is 81.7 Å². The Bertz CT molecular complexity index is 1290. The van der Waals surface area contributed by atoms with Crippen molar-refractivity contribution in [2.24, 2.45) is 0 Å². The molecule has 2 amide bonds. The Balaban J connectivity index is 1.64. The molecule has 6 nitrogen and oxygen atoms in total. The van der Waals surface area contributed by atoms with Crippen LogP contribution in [0.5, 0.6) is 11.5 Å². The molecule has 4 rings (SSSR count). The Kier molecular flexibility index (Phi) is 7.45. The van der Waals surface area contributed by atoms with Crippen molar-refractivity contribution in [3.05, 3.63) is 92.4 Å². The number of ether oxygens (including phenoxy) is 2. The Labute approximate surface area is 218 Å². The molecule has 0 bridgehead atoms. The molecule has 1 aliphatic heterocycles. The monoisotopic (exact) mass is 600 g/mol. The molecule has 0 unspecified atom stereocenters. The topological polar surface area (TPSA) is 67.9 Å². The van der Waals surface area contributed by atoms with Crippen molar-refractivity contribution in [2.45, 2.75) is 6.61 Å². The Morgan fingerprint density at radius 2 is 1.74 bits per heavy atom. The van der Waals surface area contributed by atoms with Gasteiger partial charge in [-0.2, -0.15) is 0 Å². The van der Waals surface area contributed by atoms with E-state index in [9.17, 15) is 9.59 Å². The molecule has 1 heterocycles. The van der Waals surface area contributed by atoms with Gasteiger partial charge in [0.05, 0.1) is 17.3 Å². The first-order chi connectivity index (χ1) is 16.4. The summed E-state index contributed by atoms with van der Waals surface area (Å²) >= 11 is 12.1. The minimum atomic E-state index is -0.567. The van der Waals surface area contributed by atoms with Gasteiger partial charge in [0.25, 0.3) is 11.8 Å². The predicted molar refractivity (Wildman–Crippen MR) is 142 cm³/mol. The molecule has 1 saturated heterocycles. The van der Waals surface area contributed by atoms with Crippen LogP contribution in [0.4, 0.5) is 5.69 Å². The summed E-state index contributed by atoms with van der Waals surface area (Å²) in [7, 11) is 1.53. The van der Waals surface area contributed by atoms with E-state index in [0.717, 1.165) is 10.0 Å². The molecule has 0 aromatic heterocycles. The third-order valence-electron chi connectivity index (χ3n) is 4.98. The van der Waals surface area contributed by atoms with Crippen LogP contribution in [0.1, 0.15) is 11.1 Å². The molecule has 0 atom stereocenters. The van der Waals surface area contributed by atoms with E-state index in [0.29, 0.717) is 33.8 Å². The summed E-state index contributed by atoms with van der Waals surface area (Å²) in [5, 5.41) is 2.61. The molecule has 0 aliphatic carbocycles. The van der Waals surface area contributed by atoms with Crippen LogP contribution in [0, 0.1) is 0 Å². The highest BCUT2D eigenvalue weighted by atomic mass is 79.9. The van der Waals surface area contributed by atoms with Gasteiger partial charge in [-0.25, -0.2) is 0 Å². The third kappa shape index (κ3) is 5.22. The molecule has 3 aromatic carbocycles. The number of nitrogens with zero attached hydrogens (tertiary/aromatic N) is 1. The van der Waals surface area contributed by atoms with E-state index in [2.05, 4.69) is 37.2 Å². The second-order valence-electron chi connectivity index (χ2n) is 7.24. The molecular formula is C25H18Br2N2O4S. The number of hydrogen-bond acceptors (Lipinski definition) is 5. The summed E-state index contributed by atoms with van der Waals surface area (Å²) in [5.41, 5.74) is 2.09. The maximum absolute atomic E-state index is 13.2. The summed E-state index contributed by atoms with van der Waals surface area (Å²) in [4.78, 5) is 27.1. The van der Waals surface area contributed by atoms with Crippen LogP contribution in [0.3, 0.4) is 0 Å². The van der Waals surface area contributed by atoms with Crippen molar-refractivity contribution in [3.63, 3.8) is 0 Å². The Hall–Kier alpha value is -3.01. The van der Waals surface area contributed by atoms with Gasteiger partial charge in [-0.3, -0.25) is 19.8 Å². The fourth-order valence-corrected chi connectivity index (χ4v) is 4.46. The maximum Gasteiger partial charge on any atom is 0.270 e. The third-order valence-corrected chi connectivity index (χ3v) is 6.38. The first-order valence-electron chi connectivity index (χ1n) is 10.1. The molecule has 0 saturated carbocycles. The van der Waals surface area contributed by atoms with Crippen LogP contribution in [0.25, 0.3) is 6.08 Å². The van der Waals surface area contributed by atoms with E-state index in [1.54, 1.807) is 36.4 Å². The molecule has 172 valence electrons. The number of carbonyl (C=O) groups is 2. The van der Waals surface area contributed by atoms with Gasteiger partial charge < -0.3 is 9.47 Å². The van der Waals surface area contributed by atoms with Gasteiger partial charge in [0.15, 0.2) is 16.6 Å². The van der Waals surface area contributed by atoms with Gasteiger partial charge in [0.2, 0.25) is 0 Å². The molecule has 0 spiro atoms. The fraction of sp³-hybridized carbons (Fsp3) is 0.0800. The van der Waals surface area contributed by atoms with Crippen LogP contribution in [0.15, 0.2) is 81.2 Å². The number of nitrogens with one attached hydrogen (secondary N) is 1. The zero-order valence-corrected chi connectivity index (χ0v) is 21.9. The number of amides is 2. The molecule has 0 radical (unpaired) electrons. The highest BCUT2D eigenvalue weighted by Crippen LogP contribution is 2.38. The normalized spacial score (nSPS) is 14.9. The Morgan fingerprint density at radius 3 is 2.41 bits per heavy atom. The smallest absolute Gasteiger partial charge is 0.270 e. The quantitative estimate of drug-likeness (QED) is 0.225. The molecule has 1 N–H and O–H groups in total. The lowest BCUT2D eigenvalue weighted by Crippen LogP contribution is -2.54. The van der Waals surface area contributed by atoms with Crippen molar-refractivity contribution >= 4 is 72.8 Å². The van der Waals surface area contributed by atoms with Gasteiger partial charge in [-0.1, -0.05) is 46.3 Å². The summed E-state index contributed by atoms with van der Waals surface area (Å²) < 4.78 is 13.0. The van der Waals surface area contributed by atoms with Crippen molar-refractivity contribution in [3.8, 4) is 11.5 Å². The average molecular weight is 602 g/mol. The number of rotatable bonds is 6. The highest BCUT2D eigenvalue weighted by molar-refractivity contribution is 9.10. The first kappa shape index (κ1) is 24.1. The van der Waals surface area contributed by atoms with Gasteiger partial charge in [-0.15, -0.1) is 0 Å². The molecule has 9 heteroatoms. The van der Waals surface area contributed by atoms with E-state index < -0.39 is 11.8 Å². The zero-order chi connectivity index (χ0) is 24.2. The summed E-state index contributed by atoms with van der Waals surface area (Å²) in [6, 6.07) is 20.3. The second-order valence-corrected chi connectivity index (χ2v) is 9.40. The van der Waals surface area contributed by atoms with Crippen LogP contribution >= 0.6 is 44.1 Å². The number of carbonyl (C=O) groups excluding carboxylic acids is 2. The van der Waals surface area contributed by atoms with Crippen LogP contribution in [-0.4, -0.2) is 24.0 Å². The molecule has 1 aliphatic rings. The van der Waals surface area contributed by atoms with E-state index in [1.165, 1.54) is 18.1 Å².